The van der Waals surface area contributed by atoms with Crippen molar-refractivity contribution in [2.24, 2.45) is 0 Å². The molecule has 0 unspecified atom stereocenters. The Hall–Kier alpha value is 0.310. The van der Waals surface area contributed by atoms with Gasteiger partial charge in [0.1, 0.15) is 0 Å². The summed E-state index contributed by atoms with van der Waals surface area (Å²) in [5.41, 5.74) is 0. The Morgan fingerprint density at radius 1 is 1.22 bits per heavy atom. The minimum absolute atomic E-state index is 1.02. The van der Waals surface area contributed by atoms with Gasteiger partial charge < -0.3 is 5.32 Å². The molecule has 0 bridgehead atoms. The number of rotatable bonds is 6. The smallest absolute Gasteiger partial charge is 0.00486 e. The highest BCUT2D eigenvalue weighted by Gasteiger charge is 1.83. The van der Waals surface area contributed by atoms with E-state index < -0.39 is 0 Å². The SMILES string of the molecule is CCCNCCCCS. The third-order valence-corrected chi connectivity index (χ3v) is 1.50. The van der Waals surface area contributed by atoms with Crippen LogP contribution in [0.4, 0.5) is 0 Å². The van der Waals surface area contributed by atoms with Gasteiger partial charge >= 0.3 is 0 Å². The molecule has 0 rings (SSSR count). The summed E-state index contributed by atoms with van der Waals surface area (Å²) in [6, 6.07) is 0. The Labute approximate surface area is 63.6 Å². The number of hydrogen-bond donors (Lipinski definition) is 2. The van der Waals surface area contributed by atoms with Gasteiger partial charge in [0.2, 0.25) is 0 Å². The minimum atomic E-state index is 1.02. The fourth-order valence-electron chi connectivity index (χ4n) is 0.664. The van der Waals surface area contributed by atoms with Crippen molar-refractivity contribution in [1.82, 2.24) is 5.32 Å². The van der Waals surface area contributed by atoms with E-state index in [0.717, 1.165) is 18.8 Å². The molecule has 2 heteroatoms. The first-order chi connectivity index (χ1) is 4.41. The second kappa shape index (κ2) is 8.31. The van der Waals surface area contributed by atoms with Crippen molar-refractivity contribution >= 4 is 12.6 Å². The van der Waals surface area contributed by atoms with Crippen LogP contribution in [0.5, 0.6) is 0 Å². The lowest BCUT2D eigenvalue weighted by atomic mass is 10.3. The zero-order valence-electron chi connectivity index (χ0n) is 6.19. The second-order valence-electron chi connectivity index (χ2n) is 2.18. The van der Waals surface area contributed by atoms with Crippen molar-refractivity contribution < 1.29 is 0 Å². The van der Waals surface area contributed by atoms with Gasteiger partial charge in [-0.3, -0.25) is 0 Å². The Morgan fingerprint density at radius 2 is 2.00 bits per heavy atom. The highest BCUT2D eigenvalue weighted by molar-refractivity contribution is 7.80. The van der Waals surface area contributed by atoms with E-state index in [0.29, 0.717) is 0 Å². The average molecular weight is 147 g/mol. The van der Waals surface area contributed by atoms with Crippen LogP contribution in [0.1, 0.15) is 26.2 Å². The van der Waals surface area contributed by atoms with E-state index in [1.54, 1.807) is 0 Å². The van der Waals surface area contributed by atoms with Gasteiger partial charge in [0, 0.05) is 0 Å². The lowest BCUT2D eigenvalue weighted by Gasteiger charge is -1.99. The molecular formula is C7H17NS. The molecule has 1 N–H and O–H groups in total. The Morgan fingerprint density at radius 3 is 2.56 bits per heavy atom. The number of hydrogen-bond acceptors (Lipinski definition) is 2. The normalized spacial score (nSPS) is 10.0. The van der Waals surface area contributed by atoms with E-state index in [-0.39, 0.29) is 0 Å². The van der Waals surface area contributed by atoms with Crippen molar-refractivity contribution in [2.75, 3.05) is 18.8 Å². The predicted octanol–water partition coefficient (Wildman–Crippen LogP) is 1.70. The van der Waals surface area contributed by atoms with Gasteiger partial charge in [-0.15, -0.1) is 0 Å². The first-order valence-electron chi connectivity index (χ1n) is 3.73. The molecule has 9 heavy (non-hydrogen) atoms. The van der Waals surface area contributed by atoms with E-state index in [2.05, 4.69) is 24.9 Å². The minimum Gasteiger partial charge on any atom is -0.317 e. The molecule has 0 saturated carbocycles. The summed E-state index contributed by atoms with van der Waals surface area (Å²) in [5.74, 6) is 1.02. The van der Waals surface area contributed by atoms with Crippen LogP contribution < -0.4 is 5.32 Å². The number of thiol groups is 1. The van der Waals surface area contributed by atoms with Crippen molar-refractivity contribution in [2.45, 2.75) is 26.2 Å². The molecule has 0 amide bonds. The number of unbranched alkanes of at least 4 members (excludes halogenated alkanes) is 1. The van der Waals surface area contributed by atoms with Crippen LogP contribution in [0.2, 0.25) is 0 Å². The van der Waals surface area contributed by atoms with Crippen LogP contribution in [-0.4, -0.2) is 18.8 Å². The molecule has 0 aliphatic carbocycles. The van der Waals surface area contributed by atoms with Gasteiger partial charge in [-0.25, -0.2) is 0 Å². The monoisotopic (exact) mass is 147 g/mol. The Kier molecular flexibility index (Phi) is 8.60. The van der Waals surface area contributed by atoms with Crippen LogP contribution in [-0.2, 0) is 0 Å². The van der Waals surface area contributed by atoms with Gasteiger partial charge in [-0.1, -0.05) is 6.92 Å². The van der Waals surface area contributed by atoms with Crippen molar-refractivity contribution in [3.63, 3.8) is 0 Å². The summed E-state index contributed by atoms with van der Waals surface area (Å²) < 4.78 is 0. The molecule has 0 aromatic carbocycles. The van der Waals surface area contributed by atoms with Gasteiger partial charge in [0.05, 0.1) is 0 Å². The van der Waals surface area contributed by atoms with Crippen LogP contribution in [0.15, 0.2) is 0 Å². The Bertz CT molecular complexity index is 42.2. The average Bonchev–Trinajstić information content (AvgIpc) is 1.89. The molecule has 0 atom stereocenters. The van der Waals surface area contributed by atoms with E-state index in [1.165, 1.54) is 19.3 Å². The van der Waals surface area contributed by atoms with E-state index in [9.17, 15) is 0 Å². The maximum absolute atomic E-state index is 4.12. The summed E-state index contributed by atoms with van der Waals surface area (Å²) in [7, 11) is 0. The Balaban J connectivity index is 2.60. The molecule has 1 nitrogen and oxygen atoms in total. The molecule has 0 heterocycles. The maximum atomic E-state index is 4.12. The van der Waals surface area contributed by atoms with E-state index >= 15 is 0 Å². The molecule has 0 aliphatic heterocycles. The van der Waals surface area contributed by atoms with Crippen LogP contribution in [0.25, 0.3) is 0 Å². The third kappa shape index (κ3) is 8.31. The molecule has 0 saturated heterocycles. The molecule has 0 fully saturated rings. The maximum Gasteiger partial charge on any atom is -0.00486 e. The summed E-state index contributed by atoms with van der Waals surface area (Å²) in [6.07, 6.45) is 3.74. The topological polar surface area (TPSA) is 12.0 Å². The summed E-state index contributed by atoms with van der Waals surface area (Å²) in [4.78, 5) is 0. The quantitative estimate of drug-likeness (QED) is 0.430. The van der Waals surface area contributed by atoms with Crippen molar-refractivity contribution in [1.29, 1.82) is 0 Å². The summed E-state index contributed by atoms with van der Waals surface area (Å²) in [6.45, 7) is 4.51. The van der Waals surface area contributed by atoms with Gasteiger partial charge in [0.25, 0.3) is 0 Å². The zero-order chi connectivity index (χ0) is 6.95. The fourth-order valence-corrected chi connectivity index (χ4v) is 0.887. The summed E-state index contributed by atoms with van der Waals surface area (Å²) >= 11 is 4.12. The zero-order valence-corrected chi connectivity index (χ0v) is 7.08. The predicted molar refractivity (Wildman–Crippen MR) is 46.2 cm³/mol. The molecule has 0 spiro atoms. The first kappa shape index (κ1) is 9.31. The van der Waals surface area contributed by atoms with Gasteiger partial charge in [-0.2, -0.15) is 12.6 Å². The standard InChI is InChI=1S/C7H17NS/c1-2-5-8-6-3-4-7-9/h8-9H,2-7H2,1H3. The van der Waals surface area contributed by atoms with E-state index in [4.69, 9.17) is 0 Å². The summed E-state index contributed by atoms with van der Waals surface area (Å²) in [5, 5.41) is 3.34. The van der Waals surface area contributed by atoms with Crippen LogP contribution in [0, 0.1) is 0 Å². The van der Waals surface area contributed by atoms with Crippen LogP contribution in [0.3, 0.4) is 0 Å². The van der Waals surface area contributed by atoms with Crippen molar-refractivity contribution in [3.8, 4) is 0 Å². The number of nitrogens with one attached hydrogen (secondary N) is 1. The molecular weight excluding hydrogens is 130 g/mol. The fraction of sp³-hybridized carbons (Fsp3) is 1.00. The lowest BCUT2D eigenvalue weighted by Crippen LogP contribution is -2.15. The van der Waals surface area contributed by atoms with Gasteiger partial charge in [-0.05, 0) is 38.1 Å². The third-order valence-electron chi connectivity index (χ3n) is 1.19. The molecule has 0 aliphatic rings. The van der Waals surface area contributed by atoms with E-state index in [1.807, 2.05) is 0 Å². The van der Waals surface area contributed by atoms with Crippen LogP contribution >= 0.6 is 12.6 Å². The molecule has 0 aromatic heterocycles. The first-order valence-corrected chi connectivity index (χ1v) is 4.36. The largest absolute Gasteiger partial charge is 0.317 e. The molecule has 56 valence electrons. The highest BCUT2D eigenvalue weighted by atomic mass is 32.1. The molecule has 0 aromatic rings. The highest BCUT2D eigenvalue weighted by Crippen LogP contribution is 1.88. The van der Waals surface area contributed by atoms with Gasteiger partial charge in [0.15, 0.2) is 0 Å². The second-order valence-corrected chi connectivity index (χ2v) is 2.63. The molecule has 0 radical (unpaired) electrons. The lowest BCUT2D eigenvalue weighted by molar-refractivity contribution is 0.635. The van der Waals surface area contributed by atoms with Crippen molar-refractivity contribution in [3.05, 3.63) is 0 Å².